The van der Waals surface area contributed by atoms with Gasteiger partial charge in [-0.2, -0.15) is 0 Å². The first-order valence-electron chi connectivity index (χ1n) is 5.38. The highest BCUT2D eigenvalue weighted by molar-refractivity contribution is 7.15. The predicted molar refractivity (Wildman–Crippen MR) is 73.4 cm³/mol. The van der Waals surface area contributed by atoms with Crippen molar-refractivity contribution in [3.8, 4) is 5.75 Å². The standard InChI is InChI=1S/C11H11ClN4O2S/c12-7-1-3-8(4-2-7)18-6-9(17)14-11-16-15-10(5-13)19-11/h1-4H,5-6,13H2,(H,14,16,17). The quantitative estimate of drug-likeness (QED) is 0.876. The van der Waals surface area contributed by atoms with Crippen LogP contribution in [0, 0.1) is 0 Å². The van der Waals surface area contributed by atoms with Crippen LogP contribution in [-0.4, -0.2) is 22.7 Å². The molecule has 0 bridgehead atoms. The van der Waals surface area contributed by atoms with Gasteiger partial charge in [-0.15, -0.1) is 10.2 Å². The van der Waals surface area contributed by atoms with E-state index in [0.29, 0.717) is 27.5 Å². The molecular weight excluding hydrogens is 288 g/mol. The van der Waals surface area contributed by atoms with E-state index in [2.05, 4.69) is 15.5 Å². The van der Waals surface area contributed by atoms with E-state index in [1.807, 2.05) is 0 Å². The lowest BCUT2D eigenvalue weighted by molar-refractivity contribution is -0.118. The van der Waals surface area contributed by atoms with Crippen LogP contribution in [0.3, 0.4) is 0 Å². The third kappa shape index (κ3) is 4.16. The van der Waals surface area contributed by atoms with Crippen molar-refractivity contribution in [1.82, 2.24) is 10.2 Å². The molecule has 6 nitrogen and oxygen atoms in total. The number of aromatic nitrogens is 2. The van der Waals surface area contributed by atoms with E-state index in [4.69, 9.17) is 22.1 Å². The van der Waals surface area contributed by atoms with Crippen LogP contribution < -0.4 is 15.8 Å². The van der Waals surface area contributed by atoms with Gasteiger partial charge in [0.05, 0.1) is 0 Å². The minimum Gasteiger partial charge on any atom is -0.484 e. The number of amides is 1. The van der Waals surface area contributed by atoms with Crippen molar-refractivity contribution in [2.75, 3.05) is 11.9 Å². The van der Waals surface area contributed by atoms with Gasteiger partial charge in [0.1, 0.15) is 10.8 Å². The molecule has 19 heavy (non-hydrogen) atoms. The number of hydrogen-bond acceptors (Lipinski definition) is 6. The lowest BCUT2D eigenvalue weighted by Crippen LogP contribution is -2.20. The molecule has 1 heterocycles. The molecule has 2 aromatic rings. The van der Waals surface area contributed by atoms with Crippen molar-refractivity contribution < 1.29 is 9.53 Å². The number of nitrogens with zero attached hydrogens (tertiary/aromatic N) is 2. The third-order valence-electron chi connectivity index (χ3n) is 2.07. The second kappa shape index (κ2) is 6.46. The van der Waals surface area contributed by atoms with Gasteiger partial charge < -0.3 is 10.5 Å². The zero-order valence-corrected chi connectivity index (χ0v) is 11.4. The molecule has 2 rings (SSSR count). The smallest absolute Gasteiger partial charge is 0.264 e. The number of halogens is 1. The van der Waals surface area contributed by atoms with E-state index in [1.54, 1.807) is 24.3 Å². The molecule has 0 saturated carbocycles. The van der Waals surface area contributed by atoms with Gasteiger partial charge in [0, 0.05) is 11.6 Å². The second-order valence-corrected chi connectivity index (χ2v) is 4.99. The number of hydrogen-bond donors (Lipinski definition) is 2. The summed E-state index contributed by atoms with van der Waals surface area (Å²) >= 11 is 6.97. The Hall–Kier alpha value is -1.70. The highest BCUT2D eigenvalue weighted by Gasteiger charge is 2.08. The normalized spacial score (nSPS) is 10.2. The minimum atomic E-state index is -0.310. The number of carbonyl (C=O) groups is 1. The average Bonchev–Trinajstić information content (AvgIpc) is 2.86. The summed E-state index contributed by atoms with van der Waals surface area (Å²) in [5.41, 5.74) is 5.40. The SMILES string of the molecule is NCc1nnc(NC(=O)COc2ccc(Cl)cc2)s1. The van der Waals surface area contributed by atoms with E-state index in [1.165, 1.54) is 11.3 Å². The Morgan fingerprint density at radius 1 is 1.37 bits per heavy atom. The van der Waals surface area contributed by atoms with Crippen molar-refractivity contribution in [2.24, 2.45) is 5.73 Å². The van der Waals surface area contributed by atoms with Gasteiger partial charge in [-0.05, 0) is 24.3 Å². The maximum Gasteiger partial charge on any atom is 0.264 e. The summed E-state index contributed by atoms with van der Waals surface area (Å²) in [4.78, 5) is 11.6. The van der Waals surface area contributed by atoms with Crippen molar-refractivity contribution >= 4 is 34.0 Å². The van der Waals surface area contributed by atoms with Crippen molar-refractivity contribution in [3.63, 3.8) is 0 Å². The minimum absolute atomic E-state index is 0.112. The average molecular weight is 299 g/mol. The molecule has 0 aliphatic rings. The molecule has 1 amide bonds. The third-order valence-corrected chi connectivity index (χ3v) is 3.18. The van der Waals surface area contributed by atoms with Gasteiger partial charge in [0.2, 0.25) is 5.13 Å². The Morgan fingerprint density at radius 2 is 2.11 bits per heavy atom. The fourth-order valence-electron chi connectivity index (χ4n) is 1.22. The van der Waals surface area contributed by atoms with Gasteiger partial charge in [0.15, 0.2) is 6.61 Å². The number of nitrogens with two attached hydrogens (primary N) is 1. The Labute approximate surface area is 118 Å². The summed E-state index contributed by atoms with van der Waals surface area (Å²) in [6.07, 6.45) is 0. The lowest BCUT2D eigenvalue weighted by Gasteiger charge is -2.05. The van der Waals surface area contributed by atoms with Gasteiger partial charge in [-0.3, -0.25) is 10.1 Å². The van der Waals surface area contributed by atoms with Gasteiger partial charge in [-0.1, -0.05) is 22.9 Å². The summed E-state index contributed by atoms with van der Waals surface area (Å²) in [5, 5.41) is 11.8. The zero-order chi connectivity index (χ0) is 13.7. The van der Waals surface area contributed by atoms with Crippen LogP contribution in [0.15, 0.2) is 24.3 Å². The predicted octanol–water partition coefficient (Wildman–Crippen LogP) is 1.67. The Morgan fingerprint density at radius 3 is 2.74 bits per heavy atom. The largest absolute Gasteiger partial charge is 0.484 e. The Kier molecular flexibility index (Phi) is 4.67. The van der Waals surface area contributed by atoms with Gasteiger partial charge in [0.25, 0.3) is 5.91 Å². The molecule has 100 valence electrons. The number of carbonyl (C=O) groups excluding carboxylic acids is 1. The molecule has 0 atom stereocenters. The molecular formula is C11H11ClN4O2S. The van der Waals surface area contributed by atoms with Crippen LogP contribution >= 0.6 is 22.9 Å². The number of nitrogens with one attached hydrogen (secondary N) is 1. The highest BCUT2D eigenvalue weighted by atomic mass is 35.5. The molecule has 0 unspecified atom stereocenters. The van der Waals surface area contributed by atoms with Crippen molar-refractivity contribution in [1.29, 1.82) is 0 Å². The van der Waals surface area contributed by atoms with Crippen LogP contribution in [0.1, 0.15) is 5.01 Å². The van der Waals surface area contributed by atoms with Crippen LogP contribution in [0.5, 0.6) is 5.75 Å². The maximum absolute atomic E-state index is 11.6. The number of anilines is 1. The van der Waals surface area contributed by atoms with E-state index in [9.17, 15) is 4.79 Å². The summed E-state index contributed by atoms with van der Waals surface area (Å²) in [5.74, 6) is 0.258. The lowest BCUT2D eigenvalue weighted by atomic mass is 10.3. The first-order chi connectivity index (χ1) is 9.17. The molecule has 3 N–H and O–H groups in total. The van der Waals surface area contributed by atoms with Crippen LogP contribution in [0.2, 0.25) is 5.02 Å². The van der Waals surface area contributed by atoms with Crippen LogP contribution in [-0.2, 0) is 11.3 Å². The van der Waals surface area contributed by atoms with Gasteiger partial charge >= 0.3 is 0 Å². The summed E-state index contributed by atoms with van der Waals surface area (Å²) in [6, 6.07) is 6.75. The molecule has 1 aromatic carbocycles. The zero-order valence-electron chi connectivity index (χ0n) is 9.80. The summed E-state index contributed by atoms with van der Waals surface area (Å²) < 4.78 is 5.29. The summed E-state index contributed by atoms with van der Waals surface area (Å²) in [6.45, 7) is 0.188. The van der Waals surface area contributed by atoms with E-state index in [0.717, 1.165) is 0 Å². The Balaban J connectivity index is 1.82. The molecule has 0 spiro atoms. The van der Waals surface area contributed by atoms with E-state index in [-0.39, 0.29) is 12.5 Å². The number of ether oxygens (including phenoxy) is 1. The van der Waals surface area contributed by atoms with E-state index >= 15 is 0 Å². The van der Waals surface area contributed by atoms with Crippen molar-refractivity contribution in [3.05, 3.63) is 34.3 Å². The first-order valence-corrected chi connectivity index (χ1v) is 6.57. The van der Waals surface area contributed by atoms with Gasteiger partial charge in [-0.25, -0.2) is 0 Å². The van der Waals surface area contributed by atoms with E-state index < -0.39 is 0 Å². The molecule has 0 aliphatic heterocycles. The number of benzene rings is 1. The molecule has 0 radical (unpaired) electrons. The fraction of sp³-hybridized carbons (Fsp3) is 0.182. The maximum atomic E-state index is 11.6. The number of rotatable bonds is 5. The second-order valence-electron chi connectivity index (χ2n) is 3.50. The van der Waals surface area contributed by atoms with Crippen molar-refractivity contribution in [2.45, 2.75) is 6.54 Å². The molecule has 0 aliphatic carbocycles. The monoisotopic (exact) mass is 298 g/mol. The first kappa shape index (κ1) is 13.7. The molecule has 1 aromatic heterocycles. The van der Waals surface area contributed by atoms with Crippen LogP contribution in [0.4, 0.5) is 5.13 Å². The Bertz CT molecular complexity index is 558. The molecule has 0 fully saturated rings. The topological polar surface area (TPSA) is 90.1 Å². The highest BCUT2D eigenvalue weighted by Crippen LogP contribution is 2.16. The summed E-state index contributed by atoms with van der Waals surface area (Å²) in [7, 11) is 0. The molecule has 8 heteroatoms. The molecule has 0 saturated heterocycles. The van der Waals surface area contributed by atoms with Crippen LogP contribution in [0.25, 0.3) is 0 Å². The fourth-order valence-corrected chi connectivity index (χ4v) is 1.98.